The smallest absolute Gasteiger partial charge is 0.338 e. The quantitative estimate of drug-likeness (QED) is 0.659. The summed E-state index contributed by atoms with van der Waals surface area (Å²) in [4.78, 5) is 12.3. The van der Waals surface area contributed by atoms with Crippen LogP contribution in [0.25, 0.3) is 11.1 Å². The molecule has 0 N–H and O–H groups in total. The first-order valence-electron chi connectivity index (χ1n) is 8.83. The van der Waals surface area contributed by atoms with Crippen molar-refractivity contribution >= 4 is 5.97 Å². The van der Waals surface area contributed by atoms with Crippen LogP contribution in [-0.2, 0) is 4.74 Å². The van der Waals surface area contributed by atoms with E-state index in [0.717, 1.165) is 37.7 Å². The van der Waals surface area contributed by atoms with Gasteiger partial charge in [0.1, 0.15) is 17.7 Å². The van der Waals surface area contributed by atoms with Gasteiger partial charge >= 0.3 is 5.97 Å². The summed E-state index contributed by atoms with van der Waals surface area (Å²) in [6, 6.07) is 10.0. The molecule has 2 nitrogen and oxygen atoms in total. The third kappa shape index (κ3) is 4.25. The van der Waals surface area contributed by atoms with Crippen LogP contribution in [0.5, 0.6) is 0 Å². The Labute approximate surface area is 146 Å². The molecule has 2 aromatic rings. The summed E-state index contributed by atoms with van der Waals surface area (Å²) in [5, 5.41) is 0. The molecule has 0 spiro atoms. The van der Waals surface area contributed by atoms with E-state index in [-0.39, 0.29) is 12.1 Å². The molecule has 25 heavy (non-hydrogen) atoms. The Morgan fingerprint density at radius 3 is 2.32 bits per heavy atom. The number of carbonyl (C=O) groups is 1. The lowest BCUT2D eigenvalue weighted by atomic mass is 9.86. The van der Waals surface area contributed by atoms with Gasteiger partial charge in [-0.1, -0.05) is 25.5 Å². The van der Waals surface area contributed by atoms with E-state index in [4.69, 9.17) is 4.74 Å². The number of hydrogen-bond donors (Lipinski definition) is 0. The van der Waals surface area contributed by atoms with E-state index in [1.165, 1.54) is 18.6 Å². The van der Waals surface area contributed by atoms with Crippen LogP contribution in [0, 0.1) is 17.6 Å². The largest absolute Gasteiger partial charge is 0.459 e. The number of benzene rings is 2. The fraction of sp³-hybridized carbons (Fsp3) is 0.381. The van der Waals surface area contributed by atoms with Gasteiger partial charge in [-0.15, -0.1) is 0 Å². The Morgan fingerprint density at radius 1 is 1.04 bits per heavy atom. The third-order valence-corrected chi connectivity index (χ3v) is 5.01. The van der Waals surface area contributed by atoms with Crippen LogP contribution < -0.4 is 0 Å². The van der Waals surface area contributed by atoms with Gasteiger partial charge in [-0.25, -0.2) is 13.6 Å². The van der Waals surface area contributed by atoms with E-state index in [0.29, 0.717) is 16.7 Å². The van der Waals surface area contributed by atoms with Crippen molar-refractivity contribution in [1.29, 1.82) is 0 Å². The highest BCUT2D eigenvalue weighted by Gasteiger charge is 2.23. The molecule has 0 unspecified atom stereocenters. The molecule has 1 saturated carbocycles. The van der Waals surface area contributed by atoms with Gasteiger partial charge in [0.2, 0.25) is 0 Å². The maximum Gasteiger partial charge on any atom is 0.338 e. The van der Waals surface area contributed by atoms with Gasteiger partial charge in [0.05, 0.1) is 5.56 Å². The Bertz CT molecular complexity index is 732. The van der Waals surface area contributed by atoms with Crippen molar-refractivity contribution in [2.75, 3.05) is 0 Å². The maximum atomic E-state index is 13.8. The highest BCUT2D eigenvalue weighted by molar-refractivity contribution is 5.90. The van der Waals surface area contributed by atoms with Crippen molar-refractivity contribution < 1.29 is 18.3 Å². The number of carbonyl (C=O) groups excluding carboxylic acids is 1. The topological polar surface area (TPSA) is 26.3 Å². The Balaban J connectivity index is 1.65. The van der Waals surface area contributed by atoms with Crippen LogP contribution in [0.15, 0.2) is 42.5 Å². The van der Waals surface area contributed by atoms with Gasteiger partial charge in [-0.3, -0.25) is 0 Å². The van der Waals surface area contributed by atoms with Crippen molar-refractivity contribution in [3.05, 3.63) is 59.7 Å². The predicted octanol–water partition coefficient (Wildman–Crippen LogP) is 5.76. The molecule has 4 heteroatoms. The van der Waals surface area contributed by atoms with Crippen LogP contribution in [0.4, 0.5) is 8.78 Å². The zero-order chi connectivity index (χ0) is 17.8. The first kappa shape index (κ1) is 17.6. The van der Waals surface area contributed by atoms with E-state index in [9.17, 15) is 13.6 Å². The number of hydrogen-bond acceptors (Lipinski definition) is 2. The molecule has 0 atom stereocenters. The molecule has 0 amide bonds. The SMILES string of the molecule is CC[C@H]1CC[C@H](OC(=O)c2ccc(-c3ccc(F)cc3F)cc2)CC1. The first-order valence-corrected chi connectivity index (χ1v) is 8.83. The Kier molecular flexibility index (Phi) is 5.47. The molecule has 0 saturated heterocycles. The molecule has 3 rings (SSSR count). The van der Waals surface area contributed by atoms with Crippen molar-refractivity contribution in [1.82, 2.24) is 0 Å². The molecule has 1 fully saturated rings. The van der Waals surface area contributed by atoms with Gasteiger partial charge in [0.15, 0.2) is 0 Å². The first-order chi connectivity index (χ1) is 12.1. The number of esters is 1. The summed E-state index contributed by atoms with van der Waals surface area (Å²) >= 11 is 0. The monoisotopic (exact) mass is 344 g/mol. The van der Waals surface area contributed by atoms with Crippen LogP contribution in [0.1, 0.15) is 49.4 Å². The zero-order valence-corrected chi connectivity index (χ0v) is 14.3. The minimum Gasteiger partial charge on any atom is -0.459 e. The summed E-state index contributed by atoms with van der Waals surface area (Å²) in [5.74, 6) is -0.826. The van der Waals surface area contributed by atoms with Gasteiger partial charge in [-0.05, 0) is 61.4 Å². The minimum absolute atomic E-state index is 0.00970. The average Bonchev–Trinajstić information content (AvgIpc) is 2.62. The van der Waals surface area contributed by atoms with Gasteiger partial charge in [0, 0.05) is 11.6 Å². The van der Waals surface area contributed by atoms with Crippen molar-refractivity contribution in [3.63, 3.8) is 0 Å². The molecule has 0 bridgehead atoms. The van der Waals surface area contributed by atoms with Crippen LogP contribution in [0.3, 0.4) is 0 Å². The second-order valence-corrected chi connectivity index (χ2v) is 6.66. The lowest BCUT2D eigenvalue weighted by Crippen LogP contribution is -2.24. The number of halogens is 2. The summed E-state index contributed by atoms with van der Waals surface area (Å²) < 4.78 is 32.4. The molecule has 1 aliphatic carbocycles. The average molecular weight is 344 g/mol. The van der Waals surface area contributed by atoms with Gasteiger partial charge in [-0.2, -0.15) is 0 Å². The van der Waals surface area contributed by atoms with E-state index in [1.807, 2.05) is 0 Å². The lowest BCUT2D eigenvalue weighted by molar-refractivity contribution is 0.0164. The second kappa shape index (κ2) is 7.77. The summed E-state index contributed by atoms with van der Waals surface area (Å²) in [6.07, 6.45) is 5.23. The van der Waals surface area contributed by atoms with Crippen LogP contribution >= 0.6 is 0 Å². The minimum atomic E-state index is -0.622. The summed E-state index contributed by atoms with van der Waals surface area (Å²) in [5.41, 5.74) is 1.35. The van der Waals surface area contributed by atoms with Crippen LogP contribution in [0.2, 0.25) is 0 Å². The van der Waals surface area contributed by atoms with Gasteiger partial charge in [0.25, 0.3) is 0 Å². The molecular weight excluding hydrogens is 322 g/mol. The Morgan fingerprint density at radius 2 is 1.72 bits per heavy atom. The highest BCUT2D eigenvalue weighted by atomic mass is 19.1. The molecular formula is C21H22F2O2. The standard InChI is InChI=1S/C21H22F2O2/c1-2-14-3-10-18(11-4-14)25-21(24)16-7-5-15(6-8-16)19-12-9-17(22)13-20(19)23/h5-9,12-14,18H,2-4,10-11H2,1H3/t14-,18-. The van der Waals surface area contributed by atoms with E-state index < -0.39 is 11.6 Å². The number of rotatable bonds is 4. The van der Waals surface area contributed by atoms with E-state index >= 15 is 0 Å². The molecule has 0 heterocycles. The normalized spacial score (nSPS) is 20.3. The molecule has 1 aliphatic rings. The fourth-order valence-electron chi connectivity index (χ4n) is 3.39. The Hall–Kier alpha value is -2.23. The van der Waals surface area contributed by atoms with Crippen molar-refractivity contribution in [2.45, 2.75) is 45.1 Å². The maximum absolute atomic E-state index is 13.8. The molecule has 132 valence electrons. The molecule has 0 aromatic heterocycles. The van der Waals surface area contributed by atoms with E-state index in [1.54, 1.807) is 24.3 Å². The predicted molar refractivity (Wildman–Crippen MR) is 93.2 cm³/mol. The summed E-state index contributed by atoms with van der Waals surface area (Å²) in [7, 11) is 0. The fourth-order valence-corrected chi connectivity index (χ4v) is 3.39. The second-order valence-electron chi connectivity index (χ2n) is 6.66. The van der Waals surface area contributed by atoms with Crippen LogP contribution in [-0.4, -0.2) is 12.1 Å². The van der Waals surface area contributed by atoms with Gasteiger partial charge < -0.3 is 4.74 Å². The highest BCUT2D eigenvalue weighted by Crippen LogP contribution is 2.29. The third-order valence-electron chi connectivity index (χ3n) is 5.01. The lowest BCUT2D eigenvalue weighted by Gasteiger charge is -2.27. The molecule has 2 aromatic carbocycles. The van der Waals surface area contributed by atoms with Crippen molar-refractivity contribution in [2.24, 2.45) is 5.92 Å². The van der Waals surface area contributed by atoms with Crippen molar-refractivity contribution in [3.8, 4) is 11.1 Å². The number of ether oxygens (including phenoxy) is 1. The molecule has 0 radical (unpaired) electrons. The zero-order valence-electron chi connectivity index (χ0n) is 14.3. The van der Waals surface area contributed by atoms with E-state index in [2.05, 4.69) is 6.92 Å². The molecule has 0 aliphatic heterocycles. The summed E-state index contributed by atoms with van der Waals surface area (Å²) in [6.45, 7) is 2.20.